The lowest BCUT2D eigenvalue weighted by Gasteiger charge is -2.25. The zero-order chi connectivity index (χ0) is 58.3. The first-order valence-corrected chi connectivity index (χ1v) is 29.6. The SMILES string of the molecule is COc1cccc(OC)c1-n1c(CS(=O)(=O)[C@@H](C)[C@@H](OC(C)C)c2cn3ccccc3n2)nnc1-c1cccnc1.COc1cccc(OC)c1-n1c(CS(=O)(=O)[C@H](C)[C@H](OC(C)C)c2cn3ccccc3n2)nnc1-c1cccnc1. The molecule has 8 aromatic heterocycles. The van der Waals surface area contributed by atoms with Crippen LogP contribution in [0.25, 0.3) is 45.4 Å². The molecular weight excluding hydrogens is 1090 g/mol. The molecular formula is C58H64N12O10S2. The van der Waals surface area contributed by atoms with Crippen molar-refractivity contribution in [3.63, 3.8) is 0 Å². The van der Waals surface area contributed by atoms with Crippen molar-refractivity contribution in [2.45, 2.75) is 88.0 Å². The molecule has 8 heterocycles. The highest BCUT2D eigenvalue weighted by molar-refractivity contribution is 7.91. The minimum absolute atomic E-state index is 0.191. The number of hydrogen-bond acceptors (Lipinski definition) is 18. The molecule has 428 valence electrons. The van der Waals surface area contributed by atoms with Crippen LogP contribution in [0.2, 0.25) is 0 Å². The summed E-state index contributed by atoms with van der Waals surface area (Å²) in [6.45, 7) is 10.7. The standard InChI is InChI=1S/2C29H32N6O5S/c2*1-19(2)40-28(22-17-34-15-7-6-13-25(34)31-22)20(3)41(36,37)18-26-32-33-29(21-10-9-14-30-16-21)35(26)27-23(38-4)11-8-12-24(27)39-5/h2*6-17,19-20,28H,18H2,1-5H3/t2*20-,28+/m10/s1. The summed E-state index contributed by atoms with van der Waals surface area (Å²) in [5, 5.41) is 15.6. The zero-order valence-corrected chi connectivity index (χ0v) is 48.6. The molecule has 0 N–H and O–H groups in total. The van der Waals surface area contributed by atoms with Crippen molar-refractivity contribution < 1.29 is 45.3 Å². The summed E-state index contributed by atoms with van der Waals surface area (Å²) in [5.74, 6) is 2.19. The van der Waals surface area contributed by atoms with E-state index in [1.54, 1.807) is 109 Å². The molecule has 2 aromatic carbocycles. The second-order valence-electron chi connectivity index (χ2n) is 19.6. The molecule has 10 aromatic rings. The van der Waals surface area contributed by atoms with E-state index in [4.69, 9.17) is 28.4 Å². The first-order valence-electron chi connectivity index (χ1n) is 26.2. The predicted molar refractivity (Wildman–Crippen MR) is 308 cm³/mol. The molecule has 4 atom stereocenters. The summed E-state index contributed by atoms with van der Waals surface area (Å²) in [5.41, 5.74) is 4.73. The maximum Gasteiger partial charge on any atom is 0.170 e. The molecule has 0 saturated heterocycles. The van der Waals surface area contributed by atoms with Crippen molar-refractivity contribution in [3.05, 3.63) is 170 Å². The molecule has 82 heavy (non-hydrogen) atoms. The van der Waals surface area contributed by atoms with Crippen molar-refractivity contribution in [3.8, 4) is 57.1 Å². The number of methoxy groups -OCH3 is 4. The van der Waals surface area contributed by atoms with Crippen LogP contribution in [0.3, 0.4) is 0 Å². The van der Waals surface area contributed by atoms with Crippen LogP contribution in [-0.4, -0.2) is 126 Å². The molecule has 24 heteroatoms. The second kappa shape index (κ2) is 25.1. The predicted octanol–water partition coefficient (Wildman–Crippen LogP) is 8.93. The molecule has 0 aliphatic carbocycles. The largest absolute Gasteiger partial charge is 0.494 e. The van der Waals surface area contributed by atoms with Crippen molar-refractivity contribution in [2.24, 2.45) is 0 Å². The van der Waals surface area contributed by atoms with E-state index in [2.05, 4.69) is 40.3 Å². The Labute approximate surface area is 475 Å². The van der Waals surface area contributed by atoms with Gasteiger partial charge in [0.1, 0.15) is 69.4 Å². The van der Waals surface area contributed by atoms with E-state index in [0.717, 1.165) is 0 Å². The van der Waals surface area contributed by atoms with Gasteiger partial charge in [-0.3, -0.25) is 19.1 Å². The van der Waals surface area contributed by atoms with Gasteiger partial charge in [-0.1, -0.05) is 24.3 Å². The normalized spacial score (nSPS) is 13.4. The monoisotopic (exact) mass is 1150 g/mol. The topological polar surface area (TPSA) is 245 Å². The molecule has 10 rings (SSSR count). The van der Waals surface area contributed by atoms with Gasteiger partial charge in [-0.05, 0) is 114 Å². The maximum absolute atomic E-state index is 14.1. The summed E-state index contributed by atoms with van der Waals surface area (Å²) in [4.78, 5) is 17.7. The van der Waals surface area contributed by atoms with Crippen LogP contribution >= 0.6 is 0 Å². The van der Waals surface area contributed by atoms with E-state index in [9.17, 15) is 16.8 Å². The van der Waals surface area contributed by atoms with E-state index in [0.29, 0.717) is 79.8 Å². The third kappa shape index (κ3) is 12.3. The van der Waals surface area contributed by atoms with Gasteiger partial charge in [0.05, 0.1) is 62.5 Å². The van der Waals surface area contributed by atoms with Crippen LogP contribution in [0, 0.1) is 0 Å². The van der Waals surface area contributed by atoms with Gasteiger partial charge >= 0.3 is 0 Å². The Kier molecular flexibility index (Phi) is 17.7. The highest BCUT2D eigenvalue weighted by Gasteiger charge is 2.38. The summed E-state index contributed by atoms with van der Waals surface area (Å²) in [6.07, 6.45) is 11.8. The Morgan fingerprint density at radius 3 is 1.16 bits per heavy atom. The summed E-state index contributed by atoms with van der Waals surface area (Å²) in [6, 6.07) is 29.1. The van der Waals surface area contributed by atoms with Crippen LogP contribution in [0.1, 0.15) is 76.8 Å². The molecule has 0 aliphatic heterocycles. The Morgan fingerprint density at radius 2 is 0.841 bits per heavy atom. The van der Waals surface area contributed by atoms with Crippen molar-refractivity contribution in [1.29, 1.82) is 0 Å². The lowest BCUT2D eigenvalue weighted by atomic mass is 10.2. The van der Waals surface area contributed by atoms with Gasteiger partial charge in [0, 0.05) is 60.7 Å². The summed E-state index contributed by atoms with van der Waals surface area (Å²) >= 11 is 0. The Balaban J connectivity index is 0.000000198. The van der Waals surface area contributed by atoms with Crippen molar-refractivity contribution in [1.82, 2.24) is 58.3 Å². The molecule has 0 amide bonds. The molecule has 0 bridgehead atoms. The fourth-order valence-corrected chi connectivity index (χ4v) is 12.1. The molecule has 22 nitrogen and oxygen atoms in total. The first kappa shape index (κ1) is 58.1. The number of hydrogen-bond donors (Lipinski definition) is 0. The number of aromatic nitrogens is 12. The number of pyridine rings is 4. The van der Waals surface area contributed by atoms with E-state index < -0.39 is 53.9 Å². The number of fused-ring (bicyclic) bond motifs is 2. The van der Waals surface area contributed by atoms with E-state index in [-0.39, 0.29) is 23.9 Å². The second-order valence-corrected chi connectivity index (χ2v) is 24.3. The maximum atomic E-state index is 14.1. The van der Waals surface area contributed by atoms with Crippen molar-refractivity contribution in [2.75, 3.05) is 28.4 Å². The number of imidazole rings is 2. The molecule has 0 saturated carbocycles. The summed E-state index contributed by atoms with van der Waals surface area (Å²) < 4.78 is 98.3. The number of ether oxygens (including phenoxy) is 6. The number of benzene rings is 2. The quantitative estimate of drug-likeness (QED) is 0.0614. The highest BCUT2D eigenvalue weighted by atomic mass is 32.2. The third-order valence-electron chi connectivity index (χ3n) is 13.4. The Hall–Kier alpha value is -8.58. The van der Waals surface area contributed by atoms with Gasteiger partial charge in [-0.25, -0.2) is 26.8 Å². The van der Waals surface area contributed by atoms with Gasteiger partial charge in [-0.15, -0.1) is 20.4 Å². The smallest absolute Gasteiger partial charge is 0.170 e. The number of para-hydroxylation sites is 2. The lowest BCUT2D eigenvalue weighted by molar-refractivity contribution is 0.00410. The molecule has 0 aliphatic rings. The summed E-state index contributed by atoms with van der Waals surface area (Å²) in [7, 11) is -1.61. The van der Waals surface area contributed by atoms with Gasteiger partial charge < -0.3 is 37.2 Å². The lowest BCUT2D eigenvalue weighted by Crippen LogP contribution is -2.31. The van der Waals surface area contributed by atoms with E-state index in [1.807, 2.05) is 97.4 Å². The van der Waals surface area contributed by atoms with Crippen molar-refractivity contribution >= 4 is 31.0 Å². The number of sulfone groups is 2. The van der Waals surface area contributed by atoms with Crippen LogP contribution in [0.5, 0.6) is 23.0 Å². The average molecular weight is 1150 g/mol. The average Bonchev–Trinajstić information content (AvgIpc) is 4.47. The van der Waals surface area contributed by atoms with E-state index in [1.165, 1.54) is 28.4 Å². The molecule has 0 unspecified atom stereocenters. The number of rotatable bonds is 22. The molecule has 0 radical (unpaired) electrons. The fraction of sp³-hybridized carbons (Fsp3) is 0.310. The van der Waals surface area contributed by atoms with Gasteiger partial charge in [-0.2, -0.15) is 0 Å². The fourth-order valence-electron chi connectivity index (χ4n) is 9.37. The Morgan fingerprint density at radius 1 is 0.463 bits per heavy atom. The van der Waals surface area contributed by atoms with E-state index >= 15 is 0 Å². The zero-order valence-electron chi connectivity index (χ0n) is 47.0. The van der Waals surface area contributed by atoms with Gasteiger partial charge in [0.25, 0.3) is 0 Å². The first-order chi connectivity index (χ1) is 39.5. The van der Waals surface area contributed by atoms with Crippen LogP contribution < -0.4 is 18.9 Å². The minimum atomic E-state index is -3.88. The van der Waals surface area contributed by atoms with Gasteiger partial charge in [0.2, 0.25) is 0 Å². The minimum Gasteiger partial charge on any atom is -0.494 e. The van der Waals surface area contributed by atoms with Crippen LogP contribution in [0.15, 0.2) is 147 Å². The Bertz CT molecular complexity index is 3650. The van der Waals surface area contributed by atoms with Gasteiger partial charge in [0.15, 0.2) is 43.0 Å². The van der Waals surface area contributed by atoms with Crippen LogP contribution in [0.4, 0.5) is 0 Å². The highest BCUT2D eigenvalue weighted by Crippen LogP contribution is 2.40. The number of nitrogens with zero attached hydrogens (tertiary/aromatic N) is 12. The third-order valence-corrected chi connectivity index (χ3v) is 17.5. The van der Waals surface area contributed by atoms with Crippen LogP contribution in [-0.2, 0) is 40.7 Å². The molecule has 0 fully saturated rings. The molecule has 0 spiro atoms.